The Balaban J connectivity index is 2.05. The van der Waals surface area contributed by atoms with Crippen LogP contribution in [0.5, 0.6) is 5.75 Å². The quantitative estimate of drug-likeness (QED) is 0.357. The normalized spacial score (nSPS) is 12.1. The maximum Gasteiger partial charge on any atom is 0.264 e. The van der Waals surface area contributed by atoms with Gasteiger partial charge >= 0.3 is 0 Å². The topological polar surface area (TPSA) is 96.0 Å². The summed E-state index contributed by atoms with van der Waals surface area (Å²) in [5.74, 6) is -0.328. The van der Waals surface area contributed by atoms with Gasteiger partial charge in [0.15, 0.2) is 0 Å². The molecule has 3 aromatic carbocycles. The monoisotopic (exact) mass is 571 g/mol. The molecular weight excluding hydrogens is 538 g/mol. The minimum atomic E-state index is -4.19. The van der Waals surface area contributed by atoms with Gasteiger partial charge in [0.05, 0.1) is 22.7 Å². The number of hydrogen-bond acceptors (Lipinski definition) is 5. The van der Waals surface area contributed by atoms with E-state index in [0.717, 1.165) is 15.4 Å². The van der Waals surface area contributed by atoms with Gasteiger partial charge in [-0.1, -0.05) is 53.6 Å². The number of ether oxygens (including phenoxy) is 1. The predicted molar refractivity (Wildman–Crippen MR) is 153 cm³/mol. The Morgan fingerprint density at radius 2 is 1.64 bits per heavy atom. The highest BCUT2D eigenvalue weighted by Gasteiger charge is 2.33. The zero-order chi connectivity index (χ0) is 28.7. The minimum absolute atomic E-state index is 0.0192. The second-order valence-corrected chi connectivity index (χ2v) is 11.8. The van der Waals surface area contributed by atoms with Crippen LogP contribution < -0.4 is 14.4 Å². The first-order chi connectivity index (χ1) is 18.4. The number of amides is 2. The molecule has 0 heterocycles. The second kappa shape index (κ2) is 13.0. The molecule has 0 aliphatic heterocycles. The van der Waals surface area contributed by atoms with Gasteiger partial charge in [0.25, 0.3) is 10.0 Å². The van der Waals surface area contributed by atoms with Crippen LogP contribution in [0.2, 0.25) is 5.02 Å². The summed E-state index contributed by atoms with van der Waals surface area (Å²) in [6, 6.07) is 18.9. The summed E-state index contributed by atoms with van der Waals surface area (Å²) in [4.78, 5) is 28.3. The average Bonchev–Trinajstić information content (AvgIpc) is 2.90. The van der Waals surface area contributed by atoms with Gasteiger partial charge in [0.1, 0.15) is 18.3 Å². The van der Waals surface area contributed by atoms with E-state index in [4.69, 9.17) is 16.3 Å². The van der Waals surface area contributed by atoms with Crippen molar-refractivity contribution in [3.63, 3.8) is 0 Å². The molecule has 1 atom stereocenters. The van der Waals surface area contributed by atoms with E-state index in [1.54, 1.807) is 61.5 Å². The zero-order valence-electron chi connectivity index (χ0n) is 22.7. The molecule has 1 N–H and O–H groups in total. The molecule has 0 fully saturated rings. The first kappa shape index (κ1) is 30.0. The summed E-state index contributed by atoms with van der Waals surface area (Å²) >= 11 is 6.43. The number of carbonyl (C=O) groups is 2. The van der Waals surface area contributed by atoms with Crippen molar-refractivity contribution in [2.75, 3.05) is 18.0 Å². The van der Waals surface area contributed by atoms with Crippen LogP contribution in [0, 0.1) is 6.92 Å². The molecule has 208 valence electrons. The van der Waals surface area contributed by atoms with Crippen LogP contribution in [0.25, 0.3) is 0 Å². The maximum absolute atomic E-state index is 13.9. The smallest absolute Gasteiger partial charge is 0.264 e. The molecule has 0 unspecified atom stereocenters. The van der Waals surface area contributed by atoms with Crippen LogP contribution in [0.1, 0.15) is 31.9 Å². The summed E-state index contributed by atoms with van der Waals surface area (Å²) in [6.07, 6.45) is 0. The van der Waals surface area contributed by atoms with E-state index in [-0.39, 0.29) is 34.1 Å². The third kappa shape index (κ3) is 7.52. The fourth-order valence-electron chi connectivity index (χ4n) is 3.96. The SMILES string of the molecule is COc1cccc(CN(C(=O)CN(c2ccccc2Cl)S(=O)(=O)c2ccc(C)cc2)[C@@H](C)C(=O)NC(C)C)c1. The number of halogens is 1. The van der Waals surface area contributed by atoms with E-state index in [0.29, 0.717) is 5.75 Å². The van der Waals surface area contributed by atoms with Gasteiger partial charge in [0.2, 0.25) is 11.8 Å². The number of nitrogens with zero attached hydrogens (tertiary/aromatic N) is 2. The van der Waals surface area contributed by atoms with Crippen molar-refractivity contribution < 1.29 is 22.7 Å². The maximum atomic E-state index is 13.9. The average molecular weight is 572 g/mol. The Kier molecular flexibility index (Phi) is 9.99. The second-order valence-electron chi connectivity index (χ2n) is 9.49. The van der Waals surface area contributed by atoms with Crippen LogP contribution >= 0.6 is 11.6 Å². The molecule has 2 amide bonds. The minimum Gasteiger partial charge on any atom is -0.497 e. The summed E-state index contributed by atoms with van der Waals surface area (Å²) in [6.45, 7) is 6.61. The number of methoxy groups -OCH3 is 1. The van der Waals surface area contributed by atoms with Gasteiger partial charge in [-0.05, 0) is 69.7 Å². The number of benzene rings is 3. The molecule has 0 aromatic heterocycles. The van der Waals surface area contributed by atoms with Crippen LogP contribution in [-0.4, -0.2) is 50.9 Å². The highest BCUT2D eigenvalue weighted by Crippen LogP contribution is 2.31. The zero-order valence-corrected chi connectivity index (χ0v) is 24.3. The van der Waals surface area contributed by atoms with E-state index in [1.165, 1.54) is 24.1 Å². The summed E-state index contributed by atoms with van der Waals surface area (Å²) in [5.41, 5.74) is 1.77. The fraction of sp³-hybridized carbons (Fsp3) is 0.310. The third-order valence-electron chi connectivity index (χ3n) is 6.09. The Bertz CT molecular complexity index is 1410. The molecule has 0 aliphatic carbocycles. The van der Waals surface area contributed by atoms with E-state index >= 15 is 0 Å². The van der Waals surface area contributed by atoms with Crippen molar-refractivity contribution in [2.45, 2.75) is 51.2 Å². The fourth-order valence-corrected chi connectivity index (χ4v) is 5.68. The first-order valence-corrected chi connectivity index (χ1v) is 14.3. The molecule has 0 radical (unpaired) electrons. The Morgan fingerprint density at radius 3 is 2.26 bits per heavy atom. The standard InChI is InChI=1S/C29H34ClN3O5S/c1-20(2)31-29(35)22(4)32(18-23-9-8-10-24(17-23)38-5)28(34)19-33(27-12-7-6-11-26(27)30)39(36,37)25-15-13-21(3)14-16-25/h6-17,20,22H,18-19H2,1-5H3,(H,31,35)/t22-/m0/s1. The van der Waals surface area contributed by atoms with Gasteiger partial charge in [-0.2, -0.15) is 0 Å². The number of hydrogen-bond donors (Lipinski definition) is 1. The lowest BCUT2D eigenvalue weighted by atomic mass is 10.1. The molecule has 0 aliphatic rings. The molecule has 8 nitrogen and oxygen atoms in total. The summed E-state index contributed by atoms with van der Waals surface area (Å²) in [7, 11) is -2.65. The van der Waals surface area contributed by atoms with Crippen molar-refractivity contribution in [1.82, 2.24) is 10.2 Å². The number of para-hydroxylation sites is 1. The molecule has 10 heteroatoms. The van der Waals surface area contributed by atoms with Crippen LogP contribution in [-0.2, 0) is 26.2 Å². The lowest BCUT2D eigenvalue weighted by molar-refractivity contribution is -0.139. The first-order valence-electron chi connectivity index (χ1n) is 12.5. The molecule has 0 spiro atoms. The van der Waals surface area contributed by atoms with Crippen LogP contribution in [0.4, 0.5) is 5.69 Å². The molecular formula is C29H34ClN3O5S. The Labute approximate surface area is 235 Å². The van der Waals surface area contributed by atoms with E-state index in [9.17, 15) is 18.0 Å². The van der Waals surface area contributed by atoms with Crippen LogP contribution in [0.15, 0.2) is 77.7 Å². The van der Waals surface area contributed by atoms with E-state index < -0.39 is 28.5 Å². The van der Waals surface area contributed by atoms with Crippen molar-refractivity contribution in [3.8, 4) is 5.75 Å². The lowest BCUT2D eigenvalue weighted by Crippen LogP contribution is -2.52. The Morgan fingerprint density at radius 1 is 0.974 bits per heavy atom. The third-order valence-corrected chi connectivity index (χ3v) is 8.19. The predicted octanol–water partition coefficient (Wildman–Crippen LogP) is 4.79. The molecule has 0 saturated carbocycles. The largest absolute Gasteiger partial charge is 0.497 e. The van der Waals surface area contributed by atoms with Gasteiger partial charge < -0.3 is 15.0 Å². The van der Waals surface area contributed by atoms with Crippen molar-refractivity contribution >= 4 is 39.1 Å². The number of sulfonamides is 1. The van der Waals surface area contributed by atoms with E-state index in [2.05, 4.69) is 5.32 Å². The lowest BCUT2D eigenvalue weighted by Gasteiger charge is -2.32. The molecule has 0 saturated heterocycles. The molecule has 0 bridgehead atoms. The number of carbonyl (C=O) groups excluding carboxylic acids is 2. The Hall–Kier alpha value is -3.56. The van der Waals surface area contributed by atoms with E-state index in [1.807, 2.05) is 26.8 Å². The van der Waals surface area contributed by atoms with Crippen LogP contribution in [0.3, 0.4) is 0 Å². The van der Waals surface area contributed by atoms with Crippen molar-refractivity contribution in [3.05, 3.63) is 88.9 Å². The van der Waals surface area contributed by atoms with Gasteiger partial charge in [-0.25, -0.2) is 8.42 Å². The van der Waals surface area contributed by atoms with Gasteiger partial charge in [-0.15, -0.1) is 0 Å². The highest BCUT2D eigenvalue weighted by atomic mass is 35.5. The van der Waals surface area contributed by atoms with Gasteiger partial charge in [0, 0.05) is 12.6 Å². The van der Waals surface area contributed by atoms with Crippen molar-refractivity contribution in [1.29, 1.82) is 0 Å². The number of nitrogens with one attached hydrogen (secondary N) is 1. The number of rotatable bonds is 11. The van der Waals surface area contributed by atoms with Gasteiger partial charge in [-0.3, -0.25) is 13.9 Å². The molecule has 3 rings (SSSR count). The summed E-state index contributed by atoms with van der Waals surface area (Å²) < 4.78 is 34.0. The number of aryl methyl sites for hydroxylation is 1. The molecule has 3 aromatic rings. The summed E-state index contributed by atoms with van der Waals surface area (Å²) in [5, 5.41) is 3.00. The highest BCUT2D eigenvalue weighted by molar-refractivity contribution is 7.92. The van der Waals surface area contributed by atoms with Crippen molar-refractivity contribution in [2.24, 2.45) is 0 Å². The molecule has 39 heavy (non-hydrogen) atoms. The number of anilines is 1.